The molecule has 0 radical (unpaired) electrons. The van der Waals surface area contributed by atoms with Gasteiger partial charge in [0.15, 0.2) is 11.8 Å². The molecule has 24 valence electrons. The van der Waals surface area contributed by atoms with E-state index < -0.39 is 5.10 Å². The van der Waals surface area contributed by atoms with Crippen molar-refractivity contribution in [1.82, 2.24) is 0 Å². The van der Waals surface area contributed by atoms with Crippen molar-refractivity contribution >= 4 is 41.4 Å². The molecule has 0 aliphatic carbocycles. The van der Waals surface area contributed by atoms with Crippen LogP contribution in [0.4, 0.5) is 0 Å². The van der Waals surface area contributed by atoms with Crippen molar-refractivity contribution in [2.75, 3.05) is 0 Å². The first-order valence-corrected chi connectivity index (χ1v) is 5.24. The monoisotopic (exact) mass is 129 g/mol. The summed E-state index contributed by atoms with van der Waals surface area (Å²) >= 11 is 11.8. The fraction of sp³-hybridized carbons (Fsp3) is 0. The predicted molar refractivity (Wildman–Crippen MR) is 32.3 cm³/mol. The molecule has 0 N–H and O–H groups in total. The summed E-state index contributed by atoms with van der Waals surface area (Å²) in [7, 11) is 0. The highest BCUT2D eigenvalue weighted by Crippen LogP contribution is 2.29. The fourth-order valence-electron chi connectivity index (χ4n) is 0. The van der Waals surface area contributed by atoms with E-state index in [0.717, 1.165) is 0 Å². The van der Waals surface area contributed by atoms with E-state index in [9.17, 15) is 0 Å². The van der Waals surface area contributed by atoms with E-state index in [1.165, 1.54) is 0 Å². The first-order chi connectivity index (χ1) is 1.73. The molecule has 4 heteroatoms. The highest BCUT2D eigenvalue weighted by molar-refractivity contribution is 8.85. The average Bonchev–Trinajstić information content (AvgIpc) is 0.811. The van der Waals surface area contributed by atoms with Gasteiger partial charge in [0, 0.05) is 0 Å². The molecular formula is H2PS3+. The van der Waals surface area contributed by atoms with E-state index in [1.54, 1.807) is 0 Å². The van der Waals surface area contributed by atoms with Crippen molar-refractivity contribution in [3.8, 4) is 0 Å². The molecular weight excluding hydrogens is 127 g/mol. The van der Waals surface area contributed by atoms with Gasteiger partial charge in [-0.05, 0) is 0 Å². The predicted octanol–water partition coefficient (Wildman–Crippen LogP) is 1.62. The molecule has 0 nitrogen and oxygen atoms in total. The highest BCUT2D eigenvalue weighted by atomic mass is 33.2. The quantitative estimate of drug-likeness (QED) is 0.370. The van der Waals surface area contributed by atoms with Crippen LogP contribution in [0.5, 0.6) is 0 Å². The molecule has 0 aromatic heterocycles. The zero-order chi connectivity index (χ0) is 3.58. The van der Waals surface area contributed by atoms with Crippen LogP contribution in [0.25, 0.3) is 0 Å². The van der Waals surface area contributed by atoms with Gasteiger partial charge < -0.3 is 0 Å². The topological polar surface area (TPSA) is 0 Å². The van der Waals surface area contributed by atoms with Crippen LogP contribution in [0.3, 0.4) is 0 Å². The fourth-order valence-corrected chi connectivity index (χ4v) is 0. The SMILES string of the molecule is S=[P+](S)S. The smallest absolute Gasteiger partial charge is 0.0904 e. The number of hydrogen-bond donors (Lipinski definition) is 2. The third-order valence-electron chi connectivity index (χ3n) is 0. The van der Waals surface area contributed by atoms with Crippen LogP contribution < -0.4 is 0 Å². The molecule has 0 atom stereocenters. The Hall–Kier alpha value is 1.22. The van der Waals surface area contributed by atoms with E-state index in [-0.39, 0.29) is 0 Å². The third kappa shape index (κ3) is 10.7. The third-order valence-corrected chi connectivity index (χ3v) is 0. The summed E-state index contributed by atoms with van der Waals surface area (Å²) in [6.07, 6.45) is 0. The van der Waals surface area contributed by atoms with Gasteiger partial charge in [-0.3, -0.25) is 0 Å². The van der Waals surface area contributed by atoms with Gasteiger partial charge in [0.2, 0.25) is 0 Å². The molecule has 0 aromatic rings. The summed E-state index contributed by atoms with van der Waals surface area (Å²) < 4.78 is 0. The second kappa shape index (κ2) is 2.46. The van der Waals surface area contributed by atoms with Crippen LogP contribution in [0.1, 0.15) is 0 Å². The first-order valence-electron chi connectivity index (χ1n) is 0.583. The summed E-state index contributed by atoms with van der Waals surface area (Å²) in [5.74, 6) is 0. The number of thiol groups is 2. The lowest BCUT2D eigenvalue weighted by Gasteiger charge is -1.37. The lowest BCUT2D eigenvalue weighted by Crippen LogP contribution is -0.935. The molecule has 0 aromatic carbocycles. The van der Waals surface area contributed by atoms with Gasteiger partial charge in [-0.1, -0.05) is 0 Å². The molecule has 0 fully saturated rings. The van der Waals surface area contributed by atoms with E-state index in [0.29, 0.717) is 0 Å². The largest absolute Gasteiger partial charge is 0.310 e. The average molecular weight is 129 g/mol. The number of hydrogen-bond acceptors (Lipinski definition) is 1. The van der Waals surface area contributed by atoms with Gasteiger partial charge in [-0.15, -0.1) is 0 Å². The van der Waals surface area contributed by atoms with Crippen molar-refractivity contribution in [3.63, 3.8) is 0 Å². The minimum atomic E-state index is -0.648. The summed E-state index contributed by atoms with van der Waals surface area (Å²) in [5.41, 5.74) is 0. The highest BCUT2D eigenvalue weighted by Gasteiger charge is 1.80. The van der Waals surface area contributed by atoms with Crippen molar-refractivity contribution in [2.45, 2.75) is 0 Å². The Morgan fingerprint density at radius 1 is 1.50 bits per heavy atom. The summed E-state index contributed by atoms with van der Waals surface area (Å²) in [6.45, 7) is 0. The molecule has 0 saturated heterocycles. The second-order valence-electron chi connectivity index (χ2n) is 0.253. The Balaban J connectivity index is 2.80. The summed E-state index contributed by atoms with van der Waals surface area (Å²) in [5, 5.41) is -0.648. The first kappa shape index (κ1) is 5.22. The van der Waals surface area contributed by atoms with E-state index in [2.05, 4.69) is 36.3 Å². The molecule has 0 rings (SSSR count). The lowest BCUT2D eigenvalue weighted by atomic mass is 29.8. The van der Waals surface area contributed by atoms with Crippen LogP contribution >= 0.6 is 29.6 Å². The Morgan fingerprint density at radius 2 is 1.50 bits per heavy atom. The molecule has 0 aliphatic heterocycles. The van der Waals surface area contributed by atoms with Crippen molar-refractivity contribution < 1.29 is 0 Å². The normalized spacial score (nSPS) is 6.50. The van der Waals surface area contributed by atoms with E-state index in [4.69, 9.17) is 0 Å². The van der Waals surface area contributed by atoms with Crippen LogP contribution in [-0.2, 0) is 11.8 Å². The zero-order valence-electron chi connectivity index (χ0n) is 1.75. The van der Waals surface area contributed by atoms with Gasteiger partial charge in [0.1, 0.15) is 0 Å². The Labute approximate surface area is 41.7 Å². The van der Waals surface area contributed by atoms with Gasteiger partial charge in [0.05, 0.1) is 24.5 Å². The van der Waals surface area contributed by atoms with E-state index >= 15 is 0 Å². The van der Waals surface area contributed by atoms with Crippen LogP contribution in [0.2, 0.25) is 0 Å². The maximum Gasteiger partial charge on any atom is 0.310 e. The molecule has 4 heavy (non-hydrogen) atoms. The molecule has 0 saturated carbocycles. The Kier molecular flexibility index (Phi) is 3.21. The Morgan fingerprint density at radius 3 is 1.50 bits per heavy atom. The van der Waals surface area contributed by atoms with Crippen molar-refractivity contribution in [1.29, 1.82) is 0 Å². The molecule has 0 spiro atoms. The van der Waals surface area contributed by atoms with Crippen molar-refractivity contribution in [3.05, 3.63) is 0 Å². The zero-order valence-corrected chi connectivity index (χ0v) is 5.25. The lowest BCUT2D eigenvalue weighted by molar-refractivity contribution is 5.62. The number of rotatable bonds is 0. The standard InChI is InChI=1S/HPS3/c2-1(3)4/h(H-,2,3,4)/p+1. The molecule has 0 amide bonds. The minimum Gasteiger partial charge on any atom is 0.0904 e. The van der Waals surface area contributed by atoms with Crippen LogP contribution in [0, 0.1) is 0 Å². The van der Waals surface area contributed by atoms with Crippen molar-refractivity contribution in [2.24, 2.45) is 0 Å². The molecule has 0 bridgehead atoms. The second-order valence-corrected chi connectivity index (χ2v) is 6.82. The summed E-state index contributed by atoms with van der Waals surface area (Å²) in [6, 6.07) is 0. The maximum atomic E-state index is 4.41. The van der Waals surface area contributed by atoms with E-state index in [1.807, 2.05) is 0 Å². The Bertz CT molecular complexity index is 26.3. The van der Waals surface area contributed by atoms with Crippen LogP contribution in [0.15, 0.2) is 0 Å². The van der Waals surface area contributed by atoms with Gasteiger partial charge in [-0.25, -0.2) is 0 Å². The molecule has 0 unspecified atom stereocenters. The summed E-state index contributed by atoms with van der Waals surface area (Å²) in [4.78, 5) is 0. The molecule has 0 aliphatic rings. The van der Waals surface area contributed by atoms with Gasteiger partial charge >= 0.3 is 5.10 Å². The molecule has 0 heterocycles. The minimum absolute atomic E-state index is 0.648. The van der Waals surface area contributed by atoms with Gasteiger partial charge in [0.25, 0.3) is 0 Å². The maximum absolute atomic E-state index is 4.41. The van der Waals surface area contributed by atoms with Gasteiger partial charge in [-0.2, -0.15) is 0 Å². The van der Waals surface area contributed by atoms with Crippen LogP contribution in [-0.4, -0.2) is 0 Å².